The summed E-state index contributed by atoms with van der Waals surface area (Å²) in [5.74, 6) is -0.801. The van der Waals surface area contributed by atoms with Crippen LogP contribution in [0.1, 0.15) is 23.6 Å². The maximum Gasteiger partial charge on any atom is 0.295 e. The molecule has 1 saturated heterocycles. The van der Waals surface area contributed by atoms with E-state index in [1.54, 1.807) is 24.3 Å². The zero-order chi connectivity index (χ0) is 23.4. The van der Waals surface area contributed by atoms with E-state index >= 15 is 0 Å². The van der Waals surface area contributed by atoms with Crippen LogP contribution in [0.2, 0.25) is 5.02 Å². The molecule has 0 saturated carbocycles. The van der Waals surface area contributed by atoms with E-state index in [4.69, 9.17) is 21.1 Å². The van der Waals surface area contributed by atoms with Crippen LogP contribution in [-0.2, 0) is 9.59 Å². The van der Waals surface area contributed by atoms with Crippen LogP contribution in [0.3, 0.4) is 0 Å². The number of para-hydroxylation sites is 1. The third kappa shape index (κ3) is 4.59. The number of amides is 1. The highest BCUT2D eigenvalue weighted by molar-refractivity contribution is 6.46. The van der Waals surface area contributed by atoms with Crippen molar-refractivity contribution in [2.45, 2.75) is 12.5 Å². The van der Waals surface area contributed by atoms with Gasteiger partial charge in [-0.2, -0.15) is 0 Å². The summed E-state index contributed by atoms with van der Waals surface area (Å²) in [7, 11) is 6.88. The number of hydrogen-bond donors (Lipinski definition) is 1. The molecule has 1 heterocycles. The van der Waals surface area contributed by atoms with Crippen molar-refractivity contribution in [3.63, 3.8) is 0 Å². The Morgan fingerprint density at radius 1 is 1.09 bits per heavy atom. The number of carbonyl (C=O) groups excluding carboxylic acids is 2. The highest BCUT2D eigenvalue weighted by atomic mass is 35.5. The molecule has 32 heavy (non-hydrogen) atoms. The van der Waals surface area contributed by atoms with E-state index in [0.717, 1.165) is 6.54 Å². The first-order valence-corrected chi connectivity index (χ1v) is 10.6. The van der Waals surface area contributed by atoms with Crippen molar-refractivity contribution in [1.82, 2.24) is 9.80 Å². The summed E-state index contributed by atoms with van der Waals surface area (Å²) < 4.78 is 10.7. The summed E-state index contributed by atoms with van der Waals surface area (Å²) in [5, 5.41) is 11.5. The number of benzene rings is 2. The lowest BCUT2D eigenvalue weighted by Crippen LogP contribution is -2.32. The maximum absolute atomic E-state index is 13.1. The highest BCUT2D eigenvalue weighted by Gasteiger charge is 2.46. The quantitative estimate of drug-likeness (QED) is 0.369. The fraction of sp³-hybridized carbons (Fsp3) is 0.333. The number of likely N-dealkylation sites (tertiary alicyclic amines) is 1. The van der Waals surface area contributed by atoms with E-state index in [9.17, 15) is 14.7 Å². The third-order valence-corrected chi connectivity index (χ3v) is 5.71. The van der Waals surface area contributed by atoms with Crippen molar-refractivity contribution in [1.29, 1.82) is 0 Å². The van der Waals surface area contributed by atoms with Crippen LogP contribution in [0.5, 0.6) is 11.5 Å². The number of aliphatic hydroxyl groups is 1. The zero-order valence-corrected chi connectivity index (χ0v) is 19.3. The predicted octanol–water partition coefficient (Wildman–Crippen LogP) is 3.73. The smallest absolute Gasteiger partial charge is 0.295 e. The molecule has 1 unspecified atom stereocenters. The number of ether oxygens (including phenoxy) is 2. The third-order valence-electron chi connectivity index (χ3n) is 5.40. The Hall–Kier alpha value is -3.03. The number of hydrogen-bond acceptors (Lipinski definition) is 6. The Morgan fingerprint density at radius 3 is 2.44 bits per heavy atom. The molecule has 3 rings (SSSR count). The van der Waals surface area contributed by atoms with Gasteiger partial charge in [-0.1, -0.05) is 29.8 Å². The van der Waals surface area contributed by atoms with Crippen molar-refractivity contribution in [2.24, 2.45) is 0 Å². The van der Waals surface area contributed by atoms with E-state index in [0.29, 0.717) is 40.6 Å². The summed E-state index contributed by atoms with van der Waals surface area (Å²) in [5.41, 5.74) is 0.965. The number of methoxy groups -OCH3 is 2. The number of halogens is 1. The molecule has 1 aliphatic rings. The average molecular weight is 459 g/mol. The lowest BCUT2D eigenvalue weighted by Gasteiger charge is -2.27. The molecule has 2 aromatic carbocycles. The molecule has 1 N–H and O–H groups in total. The second-order valence-corrected chi connectivity index (χ2v) is 8.15. The zero-order valence-electron chi connectivity index (χ0n) is 18.6. The molecule has 7 nitrogen and oxygen atoms in total. The van der Waals surface area contributed by atoms with Crippen molar-refractivity contribution < 1.29 is 24.2 Å². The minimum atomic E-state index is -0.782. The molecule has 1 atom stereocenters. The Balaban J connectivity index is 2.16. The van der Waals surface area contributed by atoms with E-state index in [-0.39, 0.29) is 11.3 Å². The maximum atomic E-state index is 13.1. The lowest BCUT2D eigenvalue weighted by molar-refractivity contribution is -0.140. The van der Waals surface area contributed by atoms with Crippen LogP contribution < -0.4 is 9.47 Å². The van der Waals surface area contributed by atoms with Crippen LogP contribution in [0.15, 0.2) is 48.0 Å². The molecule has 170 valence electrons. The molecule has 0 bridgehead atoms. The lowest BCUT2D eigenvalue weighted by atomic mass is 9.94. The average Bonchev–Trinajstić information content (AvgIpc) is 3.03. The largest absolute Gasteiger partial charge is 0.507 e. The van der Waals surface area contributed by atoms with Crippen LogP contribution >= 0.6 is 11.6 Å². The molecule has 8 heteroatoms. The molecule has 0 aromatic heterocycles. The van der Waals surface area contributed by atoms with Gasteiger partial charge < -0.3 is 24.4 Å². The van der Waals surface area contributed by atoms with E-state index in [1.165, 1.54) is 25.2 Å². The Kier molecular flexibility index (Phi) is 7.43. The second kappa shape index (κ2) is 10.1. The fourth-order valence-electron chi connectivity index (χ4n) is 3.85. The molecule has 0 radical (unpaired) electrons. The number of carbonyl (C=O) groups is 2. The van der Waals surface area contributed by atoms with Crippen LogP contribution in [0.4, 0.5) is 0 Å². The van der Waals surface area contributed by atoms with Gasteiger partial charge in [-0.3, -0.25) is 9.59 Å². The Bertz CT molecular complexity index is 1050. The number of aliphatic hydroxyl groups excluding tert-OH is 1. The van der Waals surface area contributed by atoms with Gasteiger partial charge in [0.25, 0.3) is 11.7 Å². The van der Waals surface area contributed by atoms with E-state index < -0.39 is 17.7 Å². The molecule has 1 amide bonds. The van der Waals surface area contributed by atoms with Gasteiger partial charge in [0, 0.05) is 17.7 Å². The van der Waals surface area contributed by atoms with Crippen molar-refractivity contribution in [2.75, 3.05) is 41.4 Å². The fourth-order valence-corrected chi connectivity index (χ4v) is 4.04. The van der Waals surface area contributed by atoms with Gasteiger partial charge in [0.15, 0.2) is 0 Å². The van der Waals surface area contributed by atoms with Gasteiger partial charge in [-0.25, -0.2) is 0 Å². The molecule has 0 spiro atoms. The van der Waals surface area contributed by atoms with Gasteiger partial charge in [0.05, 0.1) is 30.9 Å². The number of nitrogens with zero attached hydrogens (tertiary/aromatic N) is 2. The number of ketones is 1. The standard InChI is InChI=1S/C24H27ClN2O5/c1-26(2)12-7-13-27-21(16-8-5-6-9-18(16)31-3)20(23(29)24(27)30)22(28)15-10-11-17(25)19(14-15)32-4/h5-6,8-11,14,21,28H,7,12-13H2,1-4H3/b22-20+. The topological polar surface area (TPSA) is 79.3 Å². The summed E-state index contributed by atoms with van der Waals surface area (Å²) >= 11 is 6.11. The molecule has 2 aromatic rings. The molecule has 1 fully saturated rings. The first-order chi connectivity index (χ1) is 15.3. The minimum Gasteiger partial charge on any atom is -0.507 e. The van der Waals surface area contributed by atoms with Crippen LogP contribution in [0.25, 0.3) is 5.76 Å². The molecule has 1 aliphatic heterocycles. The second-order valence-electron chi connectivity index (χ2n) is 7.74. The molecular weight excluding hydrogens is 432 g/mol. The monoisotopic (exact) mass is 458 g/mol. The minimum absolute atomic E-state index is 0.00808. The van der Waals surface area contributed by atoms with Crippen molar-refractivity contribution >= 4 is 29.1 Å². The predicted molar refractivity (Wildman–Crippen MR) is 123 cm³/mol. The summed E-state index contributed by atoms with van der Waals surface area (Å²) in [6.45, 7) is 1.10. The summed E-state index contributed by atoms with van der Waals surface area (Å²) in [4.78, 5) is 29.6. The van der Waals surface area contributed by atoms with Gasteiger partial charge in [-0.05, 0) is 51.3 Å². The highest BCUT2D eigenvalue weighted by Crippen LogP contribution is 2.43. The number of rotatable bonds is 8. The van der Waals surface area contributed by atoms with Crippen molar-refractivity contribution in [3.8, 4) is 11.5 Å². The number of Topliss-reactive ketones (excluding diaryl/α,β-unsaturated/α-hetero) is 1. The van der Waals surface area contributed by atoms with Gasteiger partial charge in [0.2, 0.25) is 0 Å². The van der Waals surface area contributed by atoms with Crippen LogP contribution in [-0.4, -0.2) is 68.0 Å². The van der Waals surface area contributed by atoms with Gasteiger partial charge in [0.1, 0.15) is 17.3 Å². The first kappa shape index (κ1) is 23.6. The summed E-state index contributed by atoms with van der Waals surface area (Å²) in [6, 6.07) is 11.1. The molecule has 0 aliphatic carbocycles. The van der Waals surface area contributed by atoms with Gasteiger partial charge in [-0.15, -0.1) is 0 Å². The first-order valence-electron chi connectivity index (χ1n) is 10.2. The summed E-state index contributed by atoms with van der Waals surface area (Å²) in [6.07, 6.45) is 0.667. The molecular formula is C24H27ClN2O5. The SMILES string of the molecule is COc1cc(/C(O)=C2\C(=O)C(=O)N(CCCN(C)C)C2c2ccccc2OC)ccc1Cl. The normalized spacial score (nSPS) is 17.8. The van der Waals surface area contributed by atoms with E-state index in [1.807, 2.05) is 31.1 Å². The van der Waals surface area contributed by atoms with E-state index in [2.05, 4.69) is 0 Å². The Labute approximate surface area is 192 Å². The Morgan fingerprint density at radius 2 is 1.78 bits per heavy atom. The van der Waals surface area contributed by atoms with Crippen LogP contribution in [0, 0.1) is 0 Å². The van der Waals surface area contributed by atoms with Crippen molar-refractivity contribution in [3.05, 3.63) is 64.2 Å². The van der Waals surface area contributed by atoms with Gasteiger partial charge >= 0.3 is 0 Å².